The lowest BCUT2D eigenvalue weighted by molar-refractivity contribution is -0.136. The summed E-state index contributed by atoms with van der Waals surface area (Å²) in [6.07, 6.45) is 1.71. The van der Waals surface area contributed by atoms with Gasteiger partial charge >= 0.3 is 5.97 Å². The Bertz CT molecular complexity index is 114. The number of allylic oxidation sites excluding steroid dienone is 1. The molecule has 2 nitrogen and oxygen atoms in total. The van der Waals surface area contributed by atoms with Crippen LogP contribution in [0.2, 0.25) is 0 Å². The lowest BCUT2D eigenvalue weighted by atomic mass is 10.3. The molecule has 0 saturated carbocycles. The minimum atomic E-state index is -0.257. The fourth-order valence-electron chi connectivity index (χ4n) is 0.279. The number of rotatable bonds is 1. The van der Waals surface area contributed by atoms with Crippen LogP contribution < -0.4 is 0 Å². The predicted octanol–water partition coefficient (Wildman–Crippen LogP) is 1.13. The summed E-state index contributed by atoms with van der Waals surface area (Å²) in [5, 5.41) is 0. The monoisotopic (exact) mass is 114 g/mol. The number of carbonyl (C=O) groups is 1. The second kappa shape index (κ2) is 3.24. The Morgan fingerprint density at radius 2 is 2.12 bits per heavy atom. The first-order valence-corrected chi connectivity index (χ1v) is 2.43. The molecule has 0 bridgehead atoms. The molecule has 0 unspecified atom stereocenters. The van der Waals surface area contributed by atoms with Crippen LogP contribution in [0.25, 0.3) is 0 Å². The van der Waals surface area contributed by atoms with Gasteiger partial charge in [-0.25, -0.2) is 4.79 Å². The Labute approximate surface area is 49.1 Å². The molecule has 8 heavy (non-hydrogen) atoms. The van der Waals surface area contributed by atoms with Crippen LogP contribution in [0.15, 0.2) is 11.6 Å². The molecule has 0 atom stereocenters. The average molecular weight is 114 g/mol. The standard InChI is InChI=1S/C6H10O2/c1-4-5(2)6(7)8-3/h4H,1-3H3/b5-4-. The molecule has 0 aromatic rings. The van der Waals surface area contributed by atoms with E-state index in [2.05, 4.69) is 4.74 Å². The third kappa shape index (κ3) is 1.78. The van der Waals surface area contributed by atoms with E-state index in [1.54, 1.807) is 19.9 Å². The van der Waals surface area contributed by atoms with Crippen molar-refractivity contribution < 1.29 is 9.53 Å². The Hall–Kier alpha value is -0.790. The maximum absolute atomic E-state index is 10.5. The molecule has 0 fully saturated rings. The highest BCUT2D eigenvalue weighted by molar-refractivity contribution is 5.87. The quantitative estimate of drug-likeness (QED) is 0.377. The van der Waals surface area contributed by atoms with E-state index in [0.717, 1.165) is 0 Å². The van der Waals surface area contributed by atoms with Crippen LogP contribution >= 0.6 is 0 Å². The van der Waals surface area contributed by atoms with Crippen molar-refractivity contribution in [2.45, 2.75) is 13.8 Å². The van der Waals surface area contributed by atoms with Crippen LogP contribution in [0.3, 0.4) is 0 Å². The van der Waals surface area contributed by atoms with Gasteiger partial charge in [0.15, 0.2) is 0 Å². The lowest BCUT2D eigenvalue weighted by Gasteiger charge is -1.93. The van der Waals surface area contributed by atoms with E-state index in [1.807, 2.05) is 0 Å². The van der Waals surface area contributed by atoms with Crippen LogP contribution in [0.1, 0.15) is 13.8 Å². The van der Waals surface area contributed by atoms with Crippen molar-refractivity contribution >= 4 is 5.97 Å². The molecule has 46 valence electrons. The number of methoxy groups -OCH3 is 1. The summed E-state index contributed by atoms with van der Waals surface area (Å²) in [6, 6.07) is 0. The first-order valence-electron chi connectivity index (χ1n) is 2.43. The molecule has 0 radical (unpaired) electrons. The van der Waals surface area contributed by atoms with Crippen molar-refractivity contribution in [2.24, 2.45) is 0 Å². The Balaban J connectivity index is 3.83. The minimum Gasteiger partial charge on any atom is -0.466 e. The molecule has 0 heterocycles. The molecule has 0 aromatic heterocycles. The minimum absolute atomic E-state index is 0.257. The smallest absolute Gasteiger partial charge is 0.333 e. The SMILES string of the molecule is C/C=C(/C)C(=O)OC. The van der Waals surface area contributed by atoms with Gasteiger partial charge in [-0.05, 0) is 13.8 Å². The van der Waals surface area contributed by atoms with E-state index in [9.17, 15) is 4.79 Å². The Morgan fingerprint density at radius 1 is 1.62 bits per heavy atom. The maximum atomic E-state index is 10.5. The molecular weight excluding hydrogens is 104 g/mol. The fourth-order valence-corrected chi connectivity index (χ4v) is 0.279. The van der Waals surface area contributed by atoms with E-state index >= 15 is 0 Å². The summed E-state index contributed by atoms with van der Waals surface area (Å²) in [5.41, 5.74) is 0.646. The van der Waals surface area contributed by atoms with Crippen molar-refractivity contribution in [1.29, 1.82) is 0 Å². The topological polar surface area (TPSA) is 26.3 Å². The van der Waals surface area contributed by atoms with Gasteiger partial charge in [0.2, 0.25) is 0 Å². The van der Waals surface area contributed by atoms with Gasteiger partial charge in [-0.1, -0.05) is 6.08 Å². The number of carbonyl (C=O) groups excluding carboxylic acids is 1. The number of ether oxygens (including phenoxy) is 1. The van der Waals surface area contributed by atoms with Crippen LogP contribution in [0.5, 0.6) is 0 Å². The Morgan fingerprint density at radius 3 is 2.25 bits per heavy atom. The van der Waals surface area contributed by atoms with E-state index < -0.39 is 0 Å². The largest absolute Gasteiger partial charge is 0.466 e. The first kappa shape index (κ1) is 7.21. The molecule has 0 N–H and O–H groups in total. The van der Waals surface area contributed by atoms with Gasteiger partial charge in [-0.15, -0.1) is 0 Å². The third-order valence-electron chi connectivity index (χ3n) is 0.940. The van der Waals surface area contributed by atoms with Crippen molar-refractivity contribution in [3.8, 4) is 0 Å². The third-order valence-corrected chi connectivity index (χ3v) is 0.940. The number of hydrogen-bond donors (Lipinski definition) is 0. The summed E-state index contributed by atoms with van der Waals surface area (Å²) in [5.74, 6) is -0.257. The van der Waals surface area contributed by atoms with Crippen LogP contribution in [0.4, 0.5) is 0 Å². The van der Waals surface area contributed by atoms with Crippen molar-refractivity contribution in [2.75, 3.05) is 7.11 Å². The maximum Gasteiger partial charge on any atom is 0.333 e. The first-order chi connectivity index (χ1) is 3.72. The molecular formula is C6H10O2. The van der Waals surface area contributed by atoms with Crippen LogP contribution in [-0.2, 0) is 9.53 Å². The van der Waals surface area contributed by atoms with E-state index in [4.69, 9.17) is 0 Å². The molecule has 0 aliphatic carbocycles. The van der Waals surface area contributed by atoms with Crippen LogP contribution in [-0.4, -0.2) is 13.1 Å². The summed E-state index contributed by atoms with van der Waals surface area (Å²) < 4.78 is 4.40. The summed E-state index contributed by atoms with van der Waals surface area (Å²) in [7, 11) is 1.37. The van der Waals surface area contributed by atoms with Gasteiger partial charge in [-0.3, -0.25) is 0 Å². The van der Waals surface area contributed by atoms with Gasteiger partial charge in [0, 0.05) is 5.57 Å². The Kier molecular flexibility index (Phi) is 2.92. The normalized spacial score (nSPS) is 11.1. The van der Waals surface area contributed by atoms with Crippen LogP contribution in [0, 0.1) is 0 Å². The van der Waals surface area contributed by atoms with Crippen molar-refractivity contribution in [3.05, 3.63) is 11.6 Å². The molecule has 0 saturated heterocycles. The highest BCUT2D eigenvalue weighted by Crippen LogP contribution is 1.92. The number of esters is 1. The zero-order valence-electron chi connectivity index (χ0n) is 5.39. The predicted molar refractivity (Wildman–Crippen MR) is 31.4 cm³/mol. The molecule has 2 heteroatoms. The highest BCUT2D eigenvalue weighted by Gasteiger charge is 1.98. The molecule has 0 rings (SSSR count). The molecule has 0 spiro atoms. The fraction of sp³-hybridized carbons (Fsp3) is 0.500. The van der Waals surface area contributed by atoms with Gasteiger partial charge in [0.05, 0.1) is 7.11 Å². The van der Waals surface area contributed by atoms with Crippen molar-refractivity contribution in [1.82, 2.24) is 0 Å². The van der Waals surface area contributed by atoms with Gasteiger partial charge in [0.25, 0.3) is 0 Å². The molecule has 0 aliphatic heterocycles. The van der Waals surface area contributed by atoms with E-state index in [0.29, 0.717) is 5.57 Å². The summed E-state index contributed by atoms with van der Waals surface area (Å²) in [6.45, 7) is 3.51. The zero-order chi connectivity index (χ0) is 6.57. The molecule has 0 aliphatic rings. The van der Waals surface area contributed by atoms with E-state index in [-0.39, 0.29) is 5.97 Å². The summed E-state index contributed by atoms with van der Waals surface area (Å²) >= 11 is 0. The zero-order valence-corrected chi connectivity index (χ0v) is 5.39. The van der Waals surface area contributed by atoms with Crippen molar-refractivity contribution in [3.63, 3.8) is 0 Å². The van der Waals surface area contributed by atoms with Gasteiger partial charge in [-0.2, -0.15) is 0 Å². The second-order valence-electron chi connectivity index (χ2n) is 1.46. The molecule has 0 amide bonds. The highest BCUT2D eigenvalue weighted by atomic mass is 16.5. The second-order valence-corrected chi connectivity index (χ2v) is 1.46. The van der Waals surface area contributed by atoms with E-state index in [1.165, 1.54) is 7.11 Å². The number of hydrogen-bond acceptors (Lipinski definition) is 2. The molecule has 0 aromatic carbocycles. The summed E-state index contributed by atoms with van der Waals surface area (Å²) in [4.78, 5) is 10.5. The van der Waals surface area contributed by atoms with Gasteiger partial charge < -0.3 is 4.74 Å². The van der Waals surface area contributed by atoms with Gasteiger partial charge in [0.1, 0.15) is 0 Å². The lowest BCUT2D eigenvalue weighted by Crippen LogP contribution is -2.00. The average Bonchev–Trinajstić information content (AvgIpc) is 1.84.